The zero-order chi connectivity index (χ0) is 22.5. The molecule has 32 heavy (non-hydrogen) atoms. The van der Waals surface area contributed by atoms with Crippen LogP contribution in [0.4, 0.5) is 8.78 Å². The van der Waals surface area contributed by atoms with Gasteiger partial charge in [-0.15, -0.1) is 0 Å². The highest BCUT2D eigenvalue weighted by Gasteiger charge is 2.46. The summed E-state index contributed by atoms with van der Waals surface area (Å²) in [4.78, 5) is 2.40. The van der Waals surface area contributed by atoms with Crippen LogP contribution in [0.25, 0.3) is 0 Å². The molecule has 9 heteroatoms. The molecule has 0 aromatic heterocycles. The van der Waals surface area contributed by atoms with E-state index in [2.05, 4.69) is 9.62 Å². The Morgan fingerprint density at radius 1 is 1.06 bits per heavy atom. The maximum absolute atomic E-state index is 14.2. The van der Waals surface area contributed by atoms with E-state index < -0.39 is 33.8 Å². The van der Waals surface area contributed by atoms with Gasteiger partial charge in [-0.05, 0) is 62.1 Å². The van der Waals surface area contributed by atoms with Gasteiger partial charge in [-0.3, -0.25) is 4.90 Å². The molecule has 2 aliphatic heterocycles. The van der Waals surface area contributed by atoms with Crippen molar-refractivity contribution in [2.24, 2.45) is 17.6 Å². The van der Waals surface area contributed by atoms with Crippen LogP contribution >= 0.6 is 0 Å². The number of benzene rings is 1. The molecule has 2 unspecified atom stereocenters. The first-order chi connectivity index (χ1) is 15.3. The van der Waals surface area contributed by atoms with Gasteiger partial charge in [-0.2, -0.15) is 0 Å². The molecule has 2 heterocycles. The molecule has 0 amide bonds. The summed E-state index contributed by atoms with van der Waals surface area (Å²) in [5, 5.41) is -0.212. The van der Waals surface area contributed by atoms with Crippen molar-refractivity contribution in [1.29, 1.82) is 0 Å². The highest BCUT2D eigenvalue weighted by Crippen LogP contribution is 2.41. The number of halogens is 2. The SMILES string of the molecule is N[C@H]1C[C@@H](N2CC3CC(NS(=O)(=O)C4CCCC4)CC3C2)CO[C@@H]1c1cc(F)ccc1F. The van der Waals surface area contributed by atoms with E-state index in [0.29, 0.717) is 24.9 Å². The lowest BCUT2D eigenvalue weighted by Gasteiger charge is -2.39. The van der Waals surface area contributed by atoms with Crippen LogP contribution in [0.2, 0.25) is 0 Å². The summed E-state index contributed by atoms with van der Waals surface area (Å²) < 4.78 is 62.0. The molecule has 0 radical (unpaired) electrons. The minimum Gasteiger partial charge on any atom is -0.370 e. The number of rotatable bonds is 5. The third-order valence-corrected chi connectivity index (χ3v) is 10.0. The van der Waals surface area contributed by atoms with Gasteiger partial charge in [0.05, 0.1) is 11.9 Å². The van der Waals surface area contributed by atoms with Crippen LogP contribution < -0.4 is 10.5 Å². The number of hydrogen-bond acceptors (Lipinski definition) is 5. The van der Waals surface area contributed by atoms with E-state index >= 15 is 0 Å². The van der Waals surface area contributed by atoms with Gasteiger partial charge in [0.15, 0.2) is 0 Å². The van der Waals surface area contributed by atoms with Crippen LogP contribution in [-0.4, -0.2) is 56.4 Å². The van der Waals surface area contributed by atoms with Crippen LogP contribution in [0.5, 0.6) is 0 Å². The Morgan fingerprint density at radius 2 is 1.75 bits per heavy atom. The van der Waals surface area contributed by atoms with Gasteiger partial charge in [0.25, 0.3) is 0 Å². The maximum atomic E-state index is 14.2. The maximum Gasteiger partial charge on any atom is 0.214 e. The van der Waals surface area contributed by atoms with Crippen LogP contribution in [0.3, 0.4) is 0 Å². The molecule has 6 nitrogen and oxygen atoms in total. The number of nitrogens with zero attached hydrogens (tertiary/aromatic N) is 1. The van der Waals surface area contributed by atoms with E-state index in [1.54, 1.807) is 0 Å². The number of ether oxygens (including phenoxy) is 1. The fourth-order valence-electron chi connectivity index (χ4n) is 6.41. The zero-order valence-corrected chi connectivity index (χ0v) is 19.1. The molecule has 3 N–H and O–H groups in total. The number of hydrogen-bond donors (Lipinski definition) is 2. The molecule has 2 saturated heterocycles. The van der Waals surface area contributed by atoms with Crippen LogP contribution in [-0.2, 0) is 14.8 Å². The Hall–Kier alpha value is -1.13. The number of likely N-dealkylation sites (tertiary alicyclic amines) is 1. The first-order valence-corrected chi connectivity index (χ1v) is 13.4. The van der Waals surface area contributed by atoms with E-state index in [1.165, 1.54) is 6.07 Å². The van der Waals surface area contributed by atoms with E-state index in [0.717, 1.165) is 63.7 Å². The standard InChI is InChI=1S/C23H33F2N3O3S/c24-16-5-6-21(25)20(9-16)23-22(26)10-18(13-31-23)28-11-14-7-17(8-15(14)12-28)27-32(29,30)19-3-1-2-4-19/h5-6,9,14-15,17-19,22-23,27H,1-4,7-8,10-13,26H2/t14?,15?,17?,18-,22+,23-/m1/s1. The lowest BCUT2D eigenvalue weighted by molar-refractivity contribution is -0.0485. The van der Waals surface area contributed by atoms with E-state index in [9.17, 15) is 17.2 Å². The minimum atomic E-state index is -3.21. The number of nitrogens with one attached hydrogen (secondary N) is 1. The van der Waals surface area contributed by atoms with E-state index in [4.69, 9.17) is 10.5 Å². The smallest absolute Gasteiger partial charge is 0.214 e. The third-order valence-electron chi connectivity index (χ3n) is 8.03. The largest absolute Gasteiger partial charge is 0.370 e. The molecular weight excluding hydrogens is 436 g/mol. The fourth-order valence-corrected chi connectivity index (χ4v) is 8.21. The summed E-state index contributed by atoms with van der Waals surface area (Å²) in [7, 11) is -3.21. The predicted molar refractivity (Wildman–Crippen MR) is 117 cm³/mol. The van der Waals surface area contributed by atoms with Gasteiger partial charge in [-0.1, -0.05) is 12.8 Å². The topological polar surface area (TPSA) is 84.7 Å². The van der Waals surface area contributed by atoms with E-state index in [1.807, 2.05) is 0 Å². The monoisotopic (exact) mass is 469 g/mol. The molecule has 0 bridgehead atoms. The summed E-state index contributed by atoms with van der Waals surface area (Å²) in [5.41, 5.74) is 6.52. The molecule has 2 saturated carbocycles. The highest BCUT2D eigenvalue weighted by atomic mass is 32.2. The summed E-state index contributed by atoms with van der Waals surface area (Å²) in [6.07, 6.45) is 5.36. The molecule has 5 rings (SSSR count). The predicted octanol–water partition coefficient (Wildman–Crippen LogP) is 2.69. The highest BCUT2D eigenvalue weighted by molar-refractivity contribution is 7.90. The molecule has 2 aliphatic carbocycles. The number of sulfonamides is 1. The van der Waals surface area contributed by atoms with Crippen molar-refractivity contribution < 1.29 is 21.9 Å². The van der Waals surface area contributed by atoms with Crippen LogP contribution in [0, 0.1) is 23.5 Å². The Labute approximate surface area is 188 Å². The molecule has 178 valence electrons. The van der Waals surface area contributed by atoms with Gasteiger partial charge >= 0.3 is 0 Å². The van der Waals surface area contributed by atoms with Gasteiger partial charge < -0.3 is 10.5 Å². The summed E-state index contributed by atoms with van der Waals surface area (Å²) in [6.45, 7) is 2.25. The van der Waals surface area contributed by atoms with Crippen molar-refractivity contribution in [3.63, 3.8) is 0 Å². The first-order valence-electron chi connectivity index (χ1n) is 11.9. The van der Waals surface area contributed by atoms with Crippen molar-refractivity contribution in [1.82, 2.24) is 9.62 Å². The Balaban J connectivity index is 1.15. The molecule has 0 spiro atoms. The number of fused-ring (bicyclic) bond motifs is 1. The third kappa shape index (κ3) is 4.46. The van der Waals surface area contributed by atoms with Crippen molar-refractivity contribution in [3.05, 3.63) is 35.4 Å². The fraction of sp³-hybridized carbons (Fsp3) is 0.739. The Bertz CT molecular complexity index is 926. The molecule has 1 aromatic rings. The lowest BCUT2D eigenvalue weighted by atomic mass is 9.93. The Kier molecular flexibility index (Phi) is 6.30. The zero-order valence-electron chi connectivity index (χ0n) is 18.3. The van der Waals surface area contributed by atoms with Gasteiger partial charge in [0.2, 0.25) is 10.0 Å². The van der Waals surface area contributed by atoms with Crippen LogP contribution in [0.1, 0.15) is 56.6 Å². The molecule has 5 atom stereocenters. The lowest BCUT2D eigenvalue weighted by Crippen LogP contribution is -2.49. The second-order valence-electron chi connectivity index (χ2n) is 10.2. The molecular formula is C23H33F2N3O3S. The van der Waals surface area contributed by atoms with Gasteiger partial charge in [0.1, 0.15) is 17.7 Å². The van der Waals surface area contributed by atoms with Gasteiger partial charge in [0, 0.05) is 36.8 Å². The Morgan fingerprint density at radius 3 is 2.41 bits per heavy atom. The average Bonchev–Trinajstić information content (AvgIpc) is 3.46. The second kappa shape index (κ2) is 8.91. The van der Waals surface area contributed by atoms with Crippen molar-refractivity contribution in [2.45, 2.75) is 74.4 Å². The summed E-state index contributed by atoms with van der Waals surface area (Å²) in [5.74, 6) is -0.0429. The minimum absolute atomic E-state index is 0.0444. The summed E-state index contributed by atoms with van der Waals surface area (Å²) in [6, 6.07) is 3.18. The van der Waals surface area contributed by atoms with Crippen LogP contribution in [0.15, 0.2) is 18.2 Å². The molecule has 1 aromatic carbocycles. The molecule has 4 fully saturated rings. The molecule has 4 aliphatic rings. The van der Waals surface area contributed by atoms with Crippen molar-refractivity contribution in [2.75, 3.05) is 19.7 Å². The van der Waals surface area contributed by atoms with Crippen molar-refractivity contribution >= 4 is 10.0 Å². The summed E-state index contributed by atoms with van der Waals surface area (Å²) >= 11 is 0. The normalized spacial score (nSPS) is 36.6. The van der Waals surface area contributed by atoms with Gasteiger partial charge in [-0.25, -0.2) is 21.9 Å². The average molecular weight is 470 g/mol. The van der Waals surface area contributed by atoms with Crippen molar-refractivity contribution in [3.8, 4) is 0 Å². The second-order valence-corrected chi connectivity index (χ2v) is 12.2. The van der Waals surface area contributed by atoms with E-state index in [-0.39, 0.29) is 22.9 Å². The number of nitrogens with two attached hydrogens (primary N) is 1. The quantitative estimate of drug-likeness (QED) is 0.693. The first kappa shape index (κ1) is 22.7.